The van der Waals surface area contributed by atoms with Crippen LogP contribution >= 0.6 is 0 Å². The zero-order chi connectivity index (χ0) is 23.0. The fourth-order valence-electron chi connectivity index (χ4n) is 5.68. The first-order valence-electron chi connectivity index (χ1n) is 12.0. The molecular weight excluding hydrogens is 418 g/mol. The number of aromatic amines is 1. The van der Waals surface area contributed by atoms with Crippen molar-refractivity contribution in [1.82, 2.24) is 20.0 Å². The maximum absolute atomic E-state index is 13.6. The van der Waals surface area contributed by atoms with Gasteiger partial charge in [0.1, 0.15) is 5.75 Å². The maximum atomic E-state index is 13.6. The van der Waals surface area contributed by atoms with Crippen molar-refractivity contribution in [3.63, 3.8) is 0 Å². The molecule has 176 valence electrons. The Morgan fingerprint density at radius 2 is 1.85 bits per heavy atom. The van der Waals surface area contributed by atoms with Crippen LogP contribution in [0.1, 0.15) is 32.1 Å². The number of anilines is 1. The number of H-pyrrole nitrogens is 1. The summed E-state index contributed by atoms with van der Waals surface area (Å²) in [6, 6.07) is 5.92. The Morgan fingerprint density at radius 1 is 1.12 bits per heavy atom. The molecule has 4 heterocycles. The highest BCUT2D eigenvalue weighted by Crippen LogP contribution is 2.44. The number of hydrogen-bond donors (Lipinski definition) is 1. The molecule has 1 aromatic heterocycles. The Kier molecular flexibility index (Phi) is 5.86. The number of rotatable bonds is 4. The second kappa shape index (κ2) is 8.82. The molecule has 1 spiro atoms. The zero-order valence-corrected chi connectivity index (χ0v) is 19.5. The van der Waals surface area contributed by atoms with Crippen LogP contribution in [-0.4, -0.2) is 78.7 Å². The number of methoxy groups -OCH3 is 1. The lowest BCUT2D eigenvalue weighted by atomic mass is 9.76. The van der Waals surface area contributed by atoms with Crippen LogP contribution in [0.15, 0.2) is 30.6 Å². The lowest BCUT2D eigenvalue weighted by Gasteiger charge is -2.40. The van der Waals surface area contributed by atoms with E-state index in [4.69, 9.17) is 4.74 Å². The summed E-state index contributed by atoms with van der Waals surface area (Å²) < 4.78 is 5.62. The molecule has 0 aliphatic carbocycles. The molecule has 8 nitrogen and oxygen atoms in total. The van der Waals surface area contributed by atoms with Gasteiger partial charge in [0.2, 0.25) is 11.8 Å². The molecule has 1 N–H and O–H groups in total. The van der Waals surface area contributed by atoms with Gasteiger partial charge in [0.25, 0.3) is 0 Å². The summed E-state index contributed by atoms with van der Waals surface area (Å²) in [5, 5.41) is 6.85. The fourth-order valence-corrected chi connectivity index (χ4v) is 5.68. The molecule has 0 atom stereocenters. The van der Waals surface area contributed by atoms with E-state index in [1.54, 1.807) is 13.3 Å². The van der Waals surface area contributed by atoms with Gasteiger partial charge in [-0.25, -0.2) is 0 Å². The summed E-state index contributed by atoms with van der Waals surface area (Å²) in [5.74, 6) is 1.35. The topological polar surface area (TPSA) is 81.8 Å². The number of carbonyl (C=O) groups excluding carboxylic acids is 2. The molecule has 0 radical (unpaired) electrons. The fraction of sp³-hybridized carbons (Fsp3) is 0.560. The molecule has 0 saturated carbocycles. The second-order valence-corrected chi connectivity index (χ2v) is 9.76. The summed E-state index contributed by atoms with van der Waals surface area (Å²) in [6.07, 6.45) is 7.83. The Morgan fingerprint density at radius 3 is 2.52 bits per heavy atom. The van der Waals surface area contributed by atoms with Crippen molar-refractivity contribution in [2.45, 2.75) is 32.1 Å². The van der Waals surface area contributed by atoms with E-state index in [1.165, 1.54) is 0 Å². The van der Waals surface area contributed by atoms with E-state index in [2.05, 4.69) is 22.1 Å². The van der Waals surface area contributed by atoms with Crippen molar-refractivity contribution >= 4 is 17.5 Å². The van der Waals surface area contributed by atoms with Gasteiger partial charge in [-0.15, -0.1) is 0 Å². The minimum absolute atomic E-state index is 0.146. The average Bonchev–Trinajstić information content (AvgIpc) is 3.49. The first kappa shape index (κ1) is 21.9. The van der Waals surface area contributed by atoms with Crippen molar-refractivity contribution in [1.29, 1.82) is 0 Å². The van der Waals surface area contributed by atoms with Crippen LogP contribution in [-0.2, 0) is 9.59 Å². The van der Waals surface area contributed by atoms with Gasteiger partial charge in [0, 0.05) is 54.6 Å². The molecule has 3 fully saturated rings. The number of nitrogens with one attached hydrogen (secondary N) is 1. The number of aromatic nitrogens is 2. The number of hydrogen-bond acceptors (Lipinski definition) is 5. The molecule has 3 saturated heterocycles. The lowest BCUT2D eigenvalue weighted by molar-refractivity contribution is -0.142. The van der Waals surface area contributed by atoms with Crippen LogP contribution in [0.3, 0.4) is 0 Å². The van der Waals surface area contributed by atoms with Crippen molar-refractivity contribution in [2.24, 2.45) is 11.3 Å². The largest absolute Gasteiger partial charge is 0.496 e. The SMILES string of the molecule is COc1cc(N2CCC3(CCN(C(=O)C4CCN(C)CC4)CC3)C2=O)ccc1-c1cn[nH]c1. The minimum Gasteiger partial charge on any atom is -0.496 e. The van der Waals surface area contributed by atoms with E-state index in [9.17, 15) is 9.59 Å². The molecule has 2 amide bonds. The molecule has 1 aromatic carbocycles. The van der Waals surface area contributed by atoms with E-state index >= 15 is 0 Å². The van der Waals surface area contributed by atoms with Gasteiger partial charge in [0.05, 0.1) is 18.7 Å². The number of piperidine rings is 2. The van der Waals surface area contributed by atoms with Gasteiger partial charge in [-0.05, 0) is 64.4 Å². The van der Waals surface area contributed by atoms with Gasteiger partial charge in [0.15, 0.2) is 0 Å². The molecule has 0 bridgehead atoms. The summed E-state index contributed by atoms with van der Waals surface area (Å²) in [7, 11) is 3.76. The number of ether oxygens (including phenoxy) is 1. The molecule has 5 rings (SSSR count). The van der Waals surface area contributed by atoms with Crippen molar-refractivity contribution in [3.8, 4) is 16.9 Å². The van der Waals surface area contributed by atoms with Gasteiger partial charge in [-0.3, -0.25) is 14.7 Å². The molecule has 0 unspecified atom stereocenters. The lowest BCUT2D eigenvalue weighted by Crippen LogP contribution is -2.49. The normalized spacial score (nSPS) is 21.7. The van der Waals surface area contributed by atoms with Crippen molar-refractivity contribution in [2.75, 3.05) is 51.8 Å². The summed E-state index contributed by atoms with van der Waals surface area (Å²) >= 11 is 0. The molecular formula is C25H33N5O3. The van der Waals surface area contributed by atoms with E-state index in [1.807, 2.05) is 34.2 Å². The van der Waals surface area contributed by atoms with Crippen LogP contribution in [0.4, 0.5) is 5.69 Å². The average molecular weight is 452 g/mol. The highest BCUT2D eigenvalue weighted by Gasteiger charge is 2.49. The highest BCUT2D eigenvalue weighted by atomic mass is 16.5. The number of likely N-dealkylation sites (tertiary alicyclic amines) is 2. The third-order valence-corrected chi connectivity index (χ3v) is 7.92. The van der Waals surface area contributed by atoms with E-state index in [-0.39, 0.29) is 17.2 Å². The van der Waals surface area contributed by atoms with Crippen LogP contribution in [0, 0.1) is 11.3 Å². The predicted octanol–water partition coefficient (Wildman–Crippen LogP) is 2.77. The molecule has 8 heteroatoms. The third-order valence-electron chi connectivity index (χ3n) is 7.92. The Balaban J connectivity index is 1.26. The van der Waals surface area contributed by atoms with E-state index < -0.39 is 0 Å². The number of carbonyl (C=O) groups is 2. The standard InChI is InChI=1S/C25H33N5O3/c1-28-10-5-18(6-11-28)23(31)29-12-7-25(8-13-29)9-14-30(24(25)32)20-3-4-21(22(15-20)33-2)19-16-26-27-17-19/h3-4,15-18H,5-14H2,1-2H3,(H,26,27). The van der Waals surface area contributed by atoms with Gasteiger partial charge in [-0.1, -0.05) is 0 Å². The molecule has 3 aliphatic heterocycles. The van der Waals surface area contributed by atoms with Gasteiger partial charge < -0.3 is 19.4 Å². The summed E-state index contributed by atoms with van der Waals surface area (Å²) in [5.41, 5.74) is 2.41. The molecule has 3 aliphatic rings. The Labute approximate surface area is 194 Å². The van der Waals surface area contributed by atoms with Gasteiger partial charge in [-0.2, -0.15) is 5.10 Å². The number of amides is 2. The third kappa shape index (κ3) is 4.01. The summed E-state index contributed by atoms with van der Waals surface area (Å²) in [4.78, 5) is 32.8. The highest BCUT2D eigenvalue weighted by molar-refractivity contribution is 6.00. The maximum Gasteiger partial charge on any atom is 0.233 e. The first-order valence-corrected chi connectivity index (χ1v) is 12.0. The predicted molar refractivity (Wildman–Crippen MR) is 126 cm³/mol. The Bertz CT molecular complexity index is 1010. The minimum atomic E-state index is -0.347. The number of benzene rings is 1. The second-order valence-electron chi connectivity index (χ2n) is 9.76. The van der Waals surface area contributed by atoms with Crippen LogP contribution in [0.25, 0.3) is 11.1 Å². The van der Waals surface area contributed by atoms with Crippen LogP contribution in [0.2, 0.25) is 0 Å². The first-order chi connectivity index (χ1) is 16.0. The van der Waals surface area contributed by atoms with E-state index in [0.717, 1.165) is 67.8 Å². The van der Waals surface area contributed by atoms with E-state index in [0.29, 0.717) is 25.5 Å². The Hall–Kier alpha value is -2.87. The monoisotopic (exact) mass is 451 g/mol. The number of nitrogens with zero attached hydrogens (tertiary/aromatic N) is 4. The zero-order valence-electron chi connectivity index (χ0n) is 19.5. The quantitative estimate of drug-likeness (QED) is 0.773. The van der Waals surface area contributed by atoms with Gasteiger partial charge >= 0.3 is 0 Å². The van der Waals surface area contributed by atoms with Crippen molar-refractivity contribution < 1.29 is 14.3 Å². The van der Waals surface area contributed by atoms with Crippen molar-refractivity contribution in [3.05, 3.63) is 30.6 Å². The van der Waals surface area contributed by atoms with Crippen LogP contribution in [0.5, 0.6) is 5.75 Å². The molecule has 33 heavy (non-hydrogen) atoms. The van der Waals surface area contributed by atoms with Crippen LogP contribution < -0.4 is 9.64 Å². The summed E-state index contributed by atoms with van der Waals surface area (Å²) in [6.45, 7) is 4.06. The molecule has 2 aromatic rings. The smallest absolute Gasteiger partial charge is 0.233 e.